The topological polar surface area (TPSA) is 92.6 Å². The Kier molecular flexibility index (Phi) is 6.38. The number of sulfonamides is 1. The van der Waals surface area contributed by atoms with E-state index >= 15 is 0 Å². The summed E-state index contributed by atoms with van der Waals surface area (Å²) in [6.45, 7) is 6.72. The highest BCUT2D eigenvalue weighted by atomic mass is 32.2. The zero-order chi connectivity index (χ0) is 23.6. The van der Waals surface area contributed by atoms with E-state index in [2.05, 4.69) is 35.8 Å². The number of nitrogens with zero attached hydrogens (tertiary/aromatic N) is 2. The van der Waals surface area contributed by atoms with Gasteiger partial charge in [-0.15, -0.1) is 11.3 Å². The van der Waals surface area contributed by atoms with Gasteiger partial charge in [-0.1, -0.05) is 45.0 Å². The first-order chi connectivity index (χ1) is 15.6. The summed E-state index contributed by atoms with van der Waals surface area (Å²) in [6.07, 6.45) is 3.81. The van der Waals surface area contributed by atoms with Crippen LogP contribution in [0.5, 0.6) is 0 Å². The predicted octanol–water partition coefficient (Wildman–Crippen LogP) is 4.10. The van der Waals surface area contributed by atoms with Gasteiger partial charge in [-0.2, -0.15) is 0 Å². The van der Waals surface area contributed by atoms with Crippen LogP contribution in [0.15, 0.2) is 71.2 Å². The number of nitrogens with one attached hydrogen (secondary N) is 2. The highest BCUT2D eigenvalue weighted by molar-refractivity contribution is 7.89. The second kappa shape index (κ2) is 9.09. The van der Waals surface area contributed by atoms with Crippen molar-refractivity contribution in [3.05, 3.63) is 88.7 Å². The molecule has 0 fully saturated rings. The number of fused-ring (bicyclic) bond motifs is 1. The molecule has 7 nitrogen and oxygen atoms in total. The third kappa shape index (κ3) is 5.50. The van der Waals surface area contributed by atoms with Crippen LogP contribution in [-0.2, 0) is 28.5 Å². The molecule has 0 unspecified atom stereocenters. The lowest BCUT2D eigenvalue weighted by atomic mass is 9.87. The second-order valence-electron chi connectivity index (χ2n) is 8.80. The zero-order valence-electron chi connectivity index (χ0n) is 18.7. The summed E-state index contributed by atoms with van der Waals surface area (Å²) in [5, 5.41) is 4.81. The average Bonchev–Trinajstić information content (AvgIpc) is 3.38. The van der Waals surface area contributed by atoms with Crippen LogP contribution in [0.2, 0.25) is 0 Å². The van der Waals surface area contributed by atoms with Gasteiger partial charge in [0.05, 0.1) is 17.1 Å². The largest absolute Gasteiger partial charge is 0.346 e. The van der Waals surface area contributed by atoms with Gasteiger partial charge in [0.2, 0.25) is 10.0 Å². The molecule has 0 aliphatic rings. The van der Waals surface area contributed by atoms with Gasteiger partial charge in [0.15, 0.2) is 4.96 Å². The van der Waals surface area contributed by atoms with E-state index in [1.807, 2.05) is 34.3 Å². The normalized spacial score (nSPS) is 12.2. The van der Waals surface area contributed by atoms with Crippen molar-refractivity contribution in [1.82, 2.24) is 19.4 Å². The Balaban J connectivity index is 1.33. The van der Waals surface area contributed by atoms with Crippen molar-refractivity contribution in [3.63, 3.8) is 0 Å². The molecule has 0 aliphatic heterocycles. The molecule has 1 amide bonds. The third-order valence-corrected chi connectivity index (χ3v) is 7.47. The smallest absolute Gasteiger partial charge is 0.251 e. The number of benzene rings is 2. The van der Waals surface area contributed by atoms with Crippen LogP contribution in [0.1, 0.15) is 48.0 Å². The number of carbonyl (C=O) groups is 1. The molecule has 0 saturated heterocycles. The number of carbonyl (C=O) groups excluding carboxylic acids is 1. The van der Waals surface area contributed by atoms with E-state index in [9.17, 15) is 13.2 Å². The van der Waals surface area contributed by atoms with Crippen molar-refractivity contribution in [2.24, 2.45) is 0 Å². The fourth-order valence-corrected chi connectivity index (χ4v) is 5.04. The van der Waals surface area contributed by atoms with E-state index in [-0.39, 0.29) is 22.8 Å². The molecule has 0 bridgehead atoms. The SMILES string of the molecule is CC(C)(C)c1ccc(S(=O)(=O)NCc2ccc(C(=O)NCc3cn4ccsc4n3)cc2)cc1. The highest BCUT2D eigenvalue weighted by Gasteiger charge is 2.17. The Morgan fingerprint density at radius 1 is 1.03 bits per heavy atom. The van der Waals surface area contributed by atoms with Crippen LogP contribution in [0, 0.1) is 0 Å². The summed E-state index contributed by atoms with van der Waals surface area (Å²) in [6, 6.07) is 13.8. The van der Waals surface area contributed by atoms with Crippen LogP contribution >= 0.6 is 11.3 Å². The number of aromatic nitrogens is 2. The minimum absolute atomic E-state index is 0.0428. The third-order valence-electron chi connectivity index (χ3n) is 5.29. The molecule has 0 atom stereocenters. The number of hydrogen-bond donors (Lipinski definition) is 2. The fourth-order valence-electron chi connectivity index (χ4n) is 3.30. The molecule has 0 spiro atoms. The molecular weight excluding hydrogens is 456 g/mol. The second-order valence-corrected chi connectivity index (χ2v) is 11.4. The number of thiazole rings is 1. The summed E-state index contributed by atoms with van der Waals surface area (Å²) in [5.74, 6) is -0.211. The lowest BCUT2D eigenvalue weighted by Gasteiger charge is -2.19. The van der Waals surface area contributed by atoms with E-state index < -0.39 is 10.0 Å². The van der Waals surface area contributed by atoms with Gasteiger partial charge in [-0.25, -0.2) is 18.1 Å². The lowest BCUT2D eigenvalue weighted by Crippen LogP contribution is -2.24. The quantitative estimate of drug-likeness (QED) is 0.415. The van der Waals surface area contributed by atoms with Crippen molar-refractivity contribution in [3.8, 4) is 0 Å². The lowest BCUT2D eigenvalue weighted by molar-refractivity contribution is 0.0950. The van der Waals surface area contributed by atoms with Crippen molar-refractivity contribution in [2.75, 3.05) is 0 Å². The molecule has 33 heavy (non-hydrogen) atoms. The summed E-state index contributed by atoms with van der Waals surface area (Å²) in [4.78, 5) is 18.0. The van der Waals surface area contributed by atoms with E-state index in [4.69, 9.17) is 0 Å². The van der Waals surface area contributed by atoms with E-state index in [0.29, 0.717) is 12.1 Å². The minimum Gasteiger partial charge on any atom is -0.346 e. The number of rotatable bonds is 7. The molecule has 172 valence electrons. The molecule has 4 aromatic rings. The molecular formula is C24H26N4O3S2. The zero-order valence-corrected chi connectivity index (χ0v) is 20.3. The van der Waals surface area contributed by atoms with E-state index in [1.165, 1.54) is 11.3 Å². The fraction of sp³-hybridized carbons (Fsp3) is 0.250. The maximum Gasteiger partial charge on any atom is 0.251 e. The molecule has 2 aromatic heterocycles. The Morgan fingerprint density at radius 3 is 2.36 bits per heavy atom. The minimum atomic E-state index is -3.63. The standard InChI is InChI=1S/C24H26N4O3S2/c1-24(2,3)19-8-10-21(11-9-19)33(30,31)26-14-17-4-6-18(7-5-17)22(29)25-15-20-16-28-12-13-32-23(28)27-20/h4-13,16,26H,14-15H2,1-3H3,(H,25,29). The van der Waals surface area contributed by atoms with Crippen molar-refractivity contribution in [2.45, 2.75) is 44.2 Å². The van der Waals surface area contributed by atoms with Crippen LogP contribution in [-0.4, -0.2) is 23.7 Å². The van der Waals surface area contributed by atoms with Crippen LogP contribution in [0.25, 0.3) is 4.96 Å². The Morgan fingerprint density at radius 2 is 1.73 bits per heavy atom. The van der Waals surface area contributed by atoms with E-state index in [1.54, 1.807) is 36.4 Å². The summed E-state index contributed by atoms with van der Waals surface area (Å²) < 4.78 is 29.8. The van der Waals surface area contributed by atoms with Gasteiger partial charge in [-0.3, -0.25) is 9.20 Å². The first-order valence-corrected chi connectivity index (χ1v) is 12.9. The first kappa shape index (κ1) is 23.2. The van der Waals surface area contributed by atoms with Gasteiger partial charge < -0.3 is 5.32 Å². The molecule has 2 aromatic carbocycles. The summed E-state index contributed by atoms with van der Waals surface area (Å²) in [5.41, 5.74) is 3.08. The predicted molar refractivity (Wildman–Crippen MR) is 130 cm³/mol. The highest BCUT2D eigenvalue weighted by Crippen LogP contribution is 2.23. The molecule has 4 rings (SSSR count). The molecule has 0 aliphatic carbocycles. The van der Waals surface area contributed by atoms with Crippen molar-refractivity contribution < 1.29 is 13.2 Å². The average molecular weight is 483 g/mol. The molecule has 9 heteroatoms. The molecule has 2 heterocycles. The molecule has 2 N–H and O–H groups in total. The summed E-state index contributed by atoms with van der Waals surface area (Å²) in [7, 11) is -3.63. The maximum atomic E-state index is 12.6. The van der Waals surface area contributed by atoms with Crippen LogP contribution in [0.3, 0.4) is 0 Å². The Bertz CT molecular complexity index is 1340. The summed E-state index contributed by atoms with van der Waals surface area (Å²) >= 11 is 1.54. The molecule has 0 saturated carbocycles. The van der Waals surface area contributed by atoms with Gasteiger partial charge in [-0.05, 0) is 40.8 Å². The van der Waals surface area contributed by atoms with Crippen LogP contribution in [0.4, 0.5) is 0 Å². The van der Waals surface area contributed by atoms with Crippen LogP contribution < -0.4 is 10.0 Å². The Hall–Kier alpha value is -3.01. The van der Waals surface area contributed by atoms with Gasteiger partial charge in [0.1, 0.15) is 0 Å². The molecule has 0 radical (unpaired) electrons. The van der Waals surface area contributed by atoms with Gasteiger partial charge >= 0.3 is 0 Å². The maximum absolute atomic E-state index is 12.6. The number of imidazole rings is 1. The van der Waals surface area contributed by atoms with Gasteiger partial charge in [0.25, 0.3) is 5.91 Å². The van der Waals surface area contributed by atoms with Crippen molar-refractivity contribution >= 4 is 32.2 Å². The monoisotopic (exact) mass is 482 g/mol. The van der Waals surface area contributed by atoms with Gasteiger partial charge in [0, 0.05) is 29.9 Å². The first-order valence-electron chi connectivity index (χ1n) is 10.5. The Labute approximate surface area is 197 Å². The number of hydrogen-bond acceptors (Lipinski definition) is 5. The van der Waals surface area contributed by atoms with E-state index in [0.717, 1.165) is 21.8 Å². The number of amides is 1. The van der Waals surface area contributed by atoms with Crippen molar-refractivity contribution in [1.29, 1.82) is 0 Å².